The standard InChI is InChI=1S/C6H13I2N2.Pt/c1-4(3-9)5(2)6(7,8)10;/h3-5H,9-10H2,1-2H3;/q-1;. The van der Waals surface area contributed by atoms with Gasteiger partial charge in [-0.2, -0.15) is 5.92 Å². The van der Waals surface area contributed by atoms with Gasteiger partial charge in [-0.15, -0.1) is 0 Å². The van der Waals surface area contributed by atoms with Gasteiger partial charge in [-0.25, -0.2) is 0 Å². The first-order valence-electron chi connectivity index (χ1n) is 3.11. The Morgan fingerprint density at radius 1 is 1.36 bits per heavy atom. The number of halogens is 2. The van der Waals surface area contributed by atoms with Crippen molar-refractivity contribution in [3.05, 3.63) is 6.54 Å². The molecule has 0 radical (unpaired) electrons. The molecule has 0 heterocycles. The molecule has 2 unspecified atom stereocenters. The molecule has 0 aliphatic carbocycles. The third-order valence-electron chi connectivity index (χ3n) is 1.70. The van der Waals surface area contributed by atoms with Gasteiger partial charge >= 0.3 is 0 Å². The van der Waals surface area contributed by atoms with Crippen LogP contribution in [0.2, 0.25) is 0 Å². The molecule has 0 aromatic heterocycles. The van der Waals surface area contributed by atoms with Gasteiger partial charge in [-0.1, -0.05) is 13.8 Å². The first-order chi connectivity index (χ1) is 4.39. The Kier molecular flexibility index (Phi) is 9.20. The Morgan fingerprint density at radius 2 is 1.73 bits per heavy atom. The Bertz CT molecular complexity index is 105. The third-order valence-corrected chi connectivity index (χ3v) is 3.66. The van der Waals surface area contributed by atoms with E-state index >= 15 is 0 Å². The van der Waals surface area contributed by atoms with Gasteiger partial charge in [0.1, 0.15) is 1.55 Å². The van der Waals surface area contributed by atoms with Crippen LogP contribution < -0.4 is 11.5 Å². The molecule has 0 saturated carbocycles. The largest absolute Gasteiger partial charge is 0.483 e. The molecule has 0 fully saturated rings. The van der Waals surface area contributed by atoms with Crippen LogP contribution in [0.3, 0.4) is 0 Å². The molecule has 0 aliphatic heterocycles. The molecule has 0 saturated heterocycles. The van der Waals surface area contributed by atoms with Crippen molar-refractivity contribution in [3.8, 4) is 0 Å². The monoisotopic (exact) mass is 562 g/mol. The summed E-state index contributed by atoms with van der Waals surface area (Å²) in [6.07, 6.45) is 0. The smallest absolute Gasteiger partial charge is 0.120 e. The fraction of sp³-hybridized carbons (Fsp3) is 0.833. The first kappa shape index (κ1) is 15.5. The summed E-state index contributed by atoms with van der Waals surface area (Å²) in [5, 5.41) is 0. The number of nitrogens with two attached hydrogens (primary N) is 2. The van der Waals surface area contributed by atoms with Crippen molar-refractivity contribution in [2.75, 3.05) is 0 Å². The van der Waals surface area contributed by atoms with E-state index in [0.717, 1.165) is 0 Å². The molecule has 2 atom stereocenters. The summed E-state index contributed by atoms with van der Waals surface area (Å²) in [5.41, 5.74) is 11.2. The van der Waals surface area contributed by atoms with Crippen molar-refractivity contribution in [1.82, 2.24) is 0 Å². The molecule has 0 aromatic rings. The van der Waals surface area contributed by atoms with Gasteiger partial charge in [-0.3, -0.25) is 6.54 Å². The van der Waals surface area contributed by atoms with E-state index in [2.05, 4.69) is 59.0 Å². The van der Waals surface area contributed by atoms with Crippen molar-refractivity contribution in [2.45, 2.75) is 15.4 Å². The van der Waals surface area contributed by atoms with E-state index in [9.17, 15) is 0 Å². The zero-order chi connectivity index (χ0) is 8.36. The summed E-state index contributed by atoms with van der Waals surface area (Å²) >= 11 is 4.46. The fourth-order valence-corrected chi connectivity index (χ4v) is 1.65. The van der Waals surface area contributed by atoms with Crippen LogP contribution in [-0.4, -0.2) is 1.55 Å². The van der Waals surface area contributed by atoms with Gasteiger partial charge in [0.25, 0.3) is 0 Å². The molecule has 72 valence electrons. The molecule has 5 heteroatoms. The van der Waals surface area contributed by atoms with E-state index in [-0.39, 0.29) is 22.6 Å². The number of hydrogen-bond acceptors (Lipinski definition) is 2. The maximum Gasteiger partial charge on any atom is 0.120 e. The maximum atomic E-state index is 5.85. The molecule has 0 amide bonds. The molecule has 0 spiro atoms. The van der Waals surface area contributed by atoms with Gasteiger partial charge in [0.2, 0.25) is 0 Å². The van der Waals surface area contributed by atoms with E-state index in [0.29, 0.717) is 11.8 Å². The quantitative estimate of drug-likeness (QED) is 0.239. The van der Waals surface area contributed by atoms with Gasteiger partial charge in [0.15, 0.2) is 0 Å². The van der Waals surface area contributed by atoms with Crippen molar-refractivity contribution >= 4 is 45.2 Å². The van der Waals surface area contributed by atoms with Crippen molar-refractivity contribution in [2.24, 2.45) is 23.3 Å². The summed E-state index contributed by atoms with van der Waals surface area (Å²) < 4.78 is -0.190. The summed E-state index contributed by atoms with van der Waals surface area (Å²) in [6.45, 7) is 5.88. The summed E-state index contributed by atoms with van der Waals surface area (Å²) in [4.78, 5) is 0. The minimum atomic E-state index is -0.190. The Hall–Kier alpha value is 2.07. The van der Waals surface area contributed by atoms with Gasteiger partial charge in [0.05, 0.1) is 0 Å². The van der Waals surface area contributed by atoms with Crippen LogP contribution in [-0.2, 0) is 21.1 Å². The zero-order valence-electron chi connectivity index (χ0n) is 6.46. The molecular weight excluding hydrogens is 549 g/mol. The molecule has 4 N–H and O–H groups in total. The Balaban J connectivity index is 0. The Labute approximate surface area is 110 Å². The number of hydrogen-bond donors (Lipinski definition) is 2. The van der Waals surface area contributed by atoms with E-state index in [1.165, 1.54) is 0 Å². The van der Waals surface area contributed by atoms with E-state index in [1.54, 1.807) is 6.54 Å². The molecule has 11 heavy (non-hydrogen) atoms. The number of alkyl halides is 2. The summed E-state index contributed by atoms with van der Waals surface area (Å²) in [7, 11) is 0. The average molecular weight is 562 g/mol. The predicted molar refractivity (Wildman–Crippen MR) is 61.8 cm³/mol. The predicted octanol–water partition coefficient (Wildman–Crippen LogP) is 1.86. The van der Waals surface area contributed by atoms with Crippen molar-refractivity contribution < 1.29 is 21.1 Å². The van der Waals surface area contributed by atoms with Gasteiger partial charge in [-0.05, 0) is 51.1 Å². The summed E-state index contributed by atoms with van der Waals surface area (Å²) in [5.74, 6) is 0.775. The fourth-order valence-electron chi connectivity index (χ4n) is 0.517. The molecule has 2 nitrogen and oxygen atoms in total. The second kappa shape index (κ2) is 6.51. The second-order valence-electron chi connectivity index (χ2n) is 2.51. The maximum absolute atomic E-state index is 5.85. The number of rotatable bonds is 3. The van der Waals surface area contributed by atoms with Crippen LogP contribution in [0, 0.1) is 18.4 Å². The van der Waals surface area contributed by atoms with Crippen LogP contribution in [0.1, 0.15) is 13.8 Å². The van der Waals surface area contributed by atoms with Gasteiger partial charge < -0.3 is 11.5 Å². The molecular formula is C6H13I2N2Pt-. The van der Waals surface area contributed by atoms with Gasteiger partial charge in [0, 0.05) is 21.1 Å². The average Bonchev–Trinajstić information content (AvgIpc) is 1.83. The third kappa shape index (κ3) is 6.18. The normalized spacial score (nSPS) is 16.9. The molecule has 0 aromatic carbocycles. The topological polar surface area (TPSA) is 52.0 Å². The SMILES string of the molecule is CC([CH-]N)C(C)C(N)(I)I.[Pt]. The first-order valence-corrected chi connectivity index (χ1v) is 5.27. The van der Waals surface area contributed by atoms with Crippen LogP contribution >= 0.6 is 45.2 Å². The van der Waals surface area contributed by atoms with E-state index in [1.807, 2.05) is 0 Å². The van der Waals surface area contributed by atoms with Crippen LogP contribution in [0.25, 0.3) is 0 Å². The minimum Gasteiger partial charge on any atom is -0.483 e. The van der Waals surface area contributed by atoms with E-state index < -0.39 is 0 Å². The Morgan fingerprint density at radius 3 is 1.82 bits per heavy atom. The van der Waals surface area contributed by atoms with Crippen LogP contribution in [0.15, 0.2) is 0 Å². The minimum absolute atomic E-state index is 0. The van der Waals surface area contributed by atoms with E-state index in [4.69, 9.17) is 11.5 Å². The van der Waals surface area contributed by atoms with Crippen molar-refractivity contribution in [1.29, 1.82) is 0 Å². The zero-order valence-corrected chi connectivity index (χ0v) is 13.0. The molecule has 0 aliphatic rings. The van der Waals surface area contributed by atoms with Crippen LogP contribution in [0.5, 0.6) is 0 Å². The van der Waals surface area contributed by atoms with Crippen molar-refractivity contribution in [3.63, 3.8) is 0 Å². The molecule has 0 rings (SSSR count). The molecule has 0 bridgehead atoms. The second-order valence-corrected chi connectivity index (χ2v) is 8.15. The van der Waals surface area contributed by atoms with Crippen LogP contribution in [0.4, 0.5) is 0 Å². The summed E-state index contributed by atoms with van der Waals surface area (Å²) in [6, 6.07) is 0.